The Labute approximate surface area is 163 Å². The topological polar surface area (TPSA) is 77.1 Å². The molecule has 0 aliphatic carbocycles. The Hall–Kier alpha value is -3.09. The Kier molecular flexibility index (Phi) is 4.43. The number of amides is 1. The lowest BCUT2D eigenvalue weighted by atomic mass is 10.2. The smallest absolute Gasteiger partial charge is 0.261 e. The standard InChI is InChI=1S/C20H14ClN3O2S/c21-14-8-4-5-9-15(14)24-16(25)11-10-13-17(18(19(22)26)27-20(13)24)23-12-6-2-1-3-7-12/h1-11,23H,(H2,22,26). The zero-order valence-electron chi connectivity index (χ0n) is 14.0. The monoisotopic (exact) mass is 395 g/mol. The van der Waals surface area contributed by atoms with Crippen molar-refractivity contribution in [2.75, 3.05) is 5.32 Å². The van der Waals surface area contributed by atoms with Gasteiger partial charge in [0.2, 0.25) is 0 Å². The number of thiophene rings is 1. The first kappa shape index (κ1) is 17.3. The van der Waals surface area contributed by atoms with Crippen molar-refractivity contribution >= 4 is 50.4 Å². The number of halogens is 1. The predicted octanol–water partition coefficient (Wildman–Crippen LogP) is 4.55. The molecule has 3 N–H and O–H groups in total. The van der Waals surface area contributed by atoms with Crippen molar-refractivity contribution in [2.24, 2.45) is 5.73 Å². The number of primary amides is 1. The summed E-state index contributed by atoms with van der Waals surface area (Å²) in [5, 5.41) is 4.41. The van der Waals surface area contributed by atoms with Crippen LogP contribution in [0.15, 0.2) is 71.5 Å². The van der Waals surface area contributed by atoms with E-state index < -0.39 is 5.91 Å². The maximum atomic E-state index is 12.6. The fourth-order valence-corrected chi connectivity index (χ4v) is 4.24. The Morgan fingerprint density at radius 3 is 2.41 bits per heavy atom. The summed E-state index contributed by atoms with van der Waals surface area (Å²) in [6.45, 7) is 0. The number of pyridine rings is 1. The molecular formula is C20H14ClN3O2S. The quantitative estimate of drug-likeness (QED) is 0.532. The summed E-state index contributed by atoms with van der Waals surface area (Å²) >= 11 is 7.47. The van der Waals surface area contributed by atoms with E-state index in [0.29, 0.717) is 26.1 Å². The second-order valence-corrected chi connectivity index (χ2v) is 7.24. The molecule has 0 fully saturated rings. The van der Waals surface area contributed by atoms with Gasteiger partial charge < -0.3 is 11.1 Å². The molecule has 0 unspecified atom stereocenters. The number of benzene rings is 2. The summed E-state index contributed by atoms with van der Waals surface area (Å²) in [6, 6.07) is 19.7. The van der Waals surface area contributed by atoms with Crippen molar-refractivity contribution in [3.63, 3.8) is 0 Å². The van der Waals surface area contributed by atoms with E-state index in [2.05, 4.69) is 5.32 Å². The Morgan fingerprint density at radius 1 is 1.00 bits per heavy atom. The van der Waals surface area contributed by atoms with Gasteiger partial charge in [0.25, 0.3) is 11.5 Å². The number of rotatable bonds is 4. The number of carbonyl (C=O) groups excluding carboxylic acids is 1. The van der Waals surface area contributed by atoms with E-state index in [1.54, 1.807) is 30.3 Å². The second-order valence-electron chi connectivity index (χ2n) is 5.84. The fourth-order valence-electron chi connectivity index (χ4n) is 2.91. The van der Waals surface area contributed by atoms with Crippen LogP contribution < -0.4 is 16.6 Å². The number of nitrogens with zero attached hydrogens (tertiary/aromatic N) is 1. The van der Waals surface area contributed by atoms with Gasteiger partial charge in [0.15, 0.2) is 0 Å². The number of hydrogen-bond acceptors (Lipinski definition) is 4. The van der Waals surface area contributed by atoms with Crippen LogP contribution in [0.5, 0.6) is 0 Å². The lowest BCUT2D eigenvalue weighted by Crippen LogP contribution is -2.16. The SMILES string of the molecule is NC(=O)c1sc2c(ccc(=O)n2-c2ccccc2Cl)c1Nc1ccccc1. The van der Waals surface area contributed by atoms with Crippen LogP contribution in [0.25, 0.3) is 15.9 Å². The van der Waals surface area contributed by atoms with E-state index >= 15 is 0 Å². The first-order valence-electron chi connectivity index (χ1n) is 8.11. The van der Waals surface area contributed by atoms with Crippen LogP contribution in [0, 0.1) is 0 Å². The van der Waals surface area contributed by atoms with Crippen LogP contribution in [0.2, 0.25) is 5.02 Å². The molecule has 2 aromatic heterocycles. The van der Waals surface area contributed by atoms with Gasteiger partial charge in [-0.1, -0.05) is 41.9 Å². The maximum Gasteiger partial charge on any atom is 0.261 e. The van der Waals surface area contributed by atoms with Gasteiger partial charge in [-0.3, -0.25) is 14.2 Å². The molecule has 0 radical (unpaired) electrons. The van der Waals surface area contributed by atoms with Crippen LogP contribution >= 0.6 is 22.9 Å². The number of nitrogens with one attached hydrogen (secondary N) is 1. The molecule has 0 spiro atoms. The lowest BCUT2D eigenvalue weighted by molar-refractivity contribution is 0.100. The van der Waals surface area contributed by atoms with Gasteiger partial charge in [0.1, 0.15) is 9.71 Å². The Bertz CT molecular complexity index is 1220. The van der Waals surface area contributed by atoms with Crippen LogP contribution in [-0.4, -0.2) is 10.5 Å². The average molecular weight is 396 g/mol. The van der Waals surface area contributed by atoms with Crippen LogP contribution in [-0.2, 0) is 0 Å². The molecule has 0 bridgehead atoms. The van der Waals surface area contributed by atoms with Crippen molar-refractivity contribution in [1.29, 1.82) is 0 Å². The molecule has 27 heavy (non-hydrogen) atoms. The zero-order valence-corrected chi connectivity index (χ0v) is 15.6. The normalized spacial score (nSPS) is 10.9. The van der Waals surface area contributed by atoms with Crippen molar-refractivity contribution in [3.05, 3.63) is 87.0 Å². The van der Waals surface area contributed by atoms with Crippen LogP contribution in [0.4, 0.5) is 11.4 Å². The Balaban J connectivity index is 2.01. The van der Waals surface area contributed by atoms with Crippen molar-refractivity contribution in [1.82, 2.24) is 4.57 Å². The molecule has 0 aliphatic rings. The van der Waals surface area contributed by atoms with Crippen molar-refractivity contribution in [3.8, 4) is 5.69 Å². The van der Waals surface area contributed by atoms with E-state index in [1.807, 2.05) is 30.3 Å². The molecule has 4 aromatic rings. The van der Waals surface area contributed by atoms with E-state index in [0.717, 1.165) is 22.4 Å². The van der Waals surface area contributed by atoms with Crippen molar-refractivity contribution in [2.45, 2.75) is 0 Å². The molecule has 2 heterocycles. The zero-order chi connectivity index (χ0) is 19.0. The molecule has 134 valence electrons. The largest absolute Gasteiger partial charge is 0.365 e. The number of hydrogen-bond donors (Lipinski definition) is 2. The lowest BCUT2D eigenvalue weighted by Gasteiger charge is -2.10. The number of aromatic nitrogens is 1. The first-order chi connectivity index (χ1) is 13.1. The van der Waals surface area contributed by atoms with E-state index in [1.165, 1.54) is 10.6 Å². The summed E-state index contributed by atoms with van der Waals surface area (Å²) in [5.74, 6) is -0.562. The molecule has 2 aromatic carbocycles. The van der Waals surface area contributed by atoms with Gasteiger partial charge in [-0.05, 0) is 30.3 Å². The molecule has 0 aliphatic heterocycles. The molecule has 0 atom stereocenters. The highest BCUT2D eigenvalue weighted by atomic mass is 35.5. The molecule has 5 nitrogen and oxygen atoms in total. The van der Waals surface area contributed by atoms with Gasteiger partial charge in [0.05, 0.1) is 16.4 Å². The highest BCUT2D eigenvalue weighted by Gasteiger charge is 2.20. The predicted molar refractivity (Wildman–Crippen MR) is 111 cm³/mol. The van der Waals surface area contributed by atoms with Gasteiger partial charge >= 0.3 is 0 Å². The third-order valence-corrected chi connectivity index (χ3v) is 5.63. The van der Waals surface area contributed by atoms with E-state index in [-0.39, 0.29) is 5.56 Å². The highest BCUT2D eigenvalue weighted by Crippen LogP contribution is 2.38. The number of carbonyl (C=O) groups is 1. The van der Waals surface area contributed by atoms with Gasteiger partial charge in [-0.15, -0.1) is 11.3 Å². The summed E-state index contributed by atoms with van der Waals surface area (Å²) in [5.41, 5.74) is 7.32. The number of fused-ring (bicyclic) bond motifs is 1. The number of anilines is 2. The van der Waals surface area contributed by atoms with Crippen LogP contribution in [0.1, 0.15) is 9.67 Å². The number of nitrogens with two attached hydrogens (primary N) is 1. The summed E-state index contributed by atoms with van der Waals surface area (Å²) in [7, 11) is 0. The van der Waals surface area contributed by atoms with Gasteiger partial charge in [0, 0.05) is 17.1 Å². The third-order valence-electron chi connectivity index (χ3n) is 4.10. The third kappa shape index (κ3) is 3.09. The molecule has 4 rings (SSSR count). The van der Waals surface area contributed by atoms with Crippen LogP contribution in [0.3, 0.4) is 0 Å². The average Bonchev–Trinajstić information content (AvgIpc) is 3.02. The first-order valence-corrected chi connectivity index (χ1v) is 9.31. The molecule has 1 amide bonds. The fraction of sp³-hybridized carbons (Fsp3) is 0. The minimum absolute atomic E-state index is 0.237. The molecular weight excluding hydrogens is 382 g/mol. The van der Waals surface area contributed by atoms with Gasteiger partial charge in [-0.2, -0.15) is 0 Å². The summed E-state index contributed by atoms with van der Waals surface area (Å²) < 4.78 is 1.50. The Morgan fingerprint density at radius 2 is 1.70 bits per heavy atom. The van der Waals surface area contributed by atoms with Gasteiger partial charge in [-0.25, -0.2) is 0 Å². The summed E-state index contributed by atoms with van der Waals surface area (Å²) in [4.78, 5) is 25.6. The van der Waals surface area contributed by atoms with Crippen molar-refractivity contribution < 1.29 is 4.79 Å². The molecule has 0 saturated carbocycles. The van der Waals surface area contributed by atoms with E-state index in [9.17, 15) is 9.59 Å². The minimum atomic E-state index is -0.562. The summed E-state index contributed by atoms with van der Waals surface area (Å²) in [6.07, 6.45) is 0. The maximum absolute atomic E-state index is 12.6. The van der Waals surface area contributed by atoms with E-state index in [4.69, 9.17) is 17.3 Å². The molecule has 7 heteroatoms. The molecule has 0 saturated heterocycles. The minimum Gasteiger partial charge on any atom is -0.365 e. The number of para-hydroxylation sites is 2. The second kappa shape index (κ2) is 6.90. The highest BCUT2D eigenvalue weighted by molar-refractivity contribution is 7.21.